The normalized spacial score (nSPS) is 12.4. The first-order chi connectivity index (χ1) is 16.1. The first-order valence-corrected chi connectivity index (χ1v) is 12.5. The summed E-state index contributed by atoms with van der Waals surface area (Å²) in [7, 11) is 0.907. The summed E-state index contributed by atoms with van der Waals surface area (Å²) in [5.41, 5.74) is 1.06. The fourth-order valence-electron chi connectivity index (χ4n) is 2.79. The van der Waals surface area contributed by atoms with Crippen molar-refractivity contribution in [2.24, 2.45) is 0 Å². The van der Waals surface area contributed by atoms with Crippen LogP contribution in [0.15, 0.2) is 46.7 Å². The number of methoxy groups -OCH3 is 1. The first kappa shape index (κ1) is 25.6. The van der Waals surface area contributed by atoms with Gasteiger partial charge in [0, 0.05) is 38.7 Å². The first-order valence-electron chi connectivity index (χ1n) is 10.2. The lowest BCUT2D eigenvalue weighted by Crippen LogP contribution is -2.22. The van der Waals surface area contributed by atoms with Crippen molar-refractivity contribution >= 4 is 32.4 Å². The second-order valence-electron chi connectivity index (χ2n) is 7.53. The molecule has 0 aliphatic carbocycles. The predicted molar refractivity (Wildman–Crippen MR) is 128 cm³/mol. The average Bonchev–Trinajstić information content (AvgIpc) is 3.18. The smallest absolute Gasteiger partial charge is 0.257 e. The van der Waals surface area contributed by atoms with Crippen LogP contribution < -0.4 is 14.8 Å². The average molecular weight is 507 g/mol. The molecule has 0 unspecified atom stereocenters. The Morgan fingerprint density at radius 1 is 1.15 bits per heavy atom. The number of rotatable bonds is 10. The Morgan fingerprint density at radius 2 is 1.82 bits per heavy atom. The van der Waals surface area contributed by atoms with Gasteiger partial charge in [-0.05, 0) is 38.1 Å². The topological polar surface area (TPSA) is 120 Å². The molecule has 182 valence electrons. The van der Waals surface area contributed by atoms with E-state index in [0.29, 0.717) is 17.5 Å². The standard InChI is InChI=1S/C22H26N4O6S2/c1-14-13-33-22(23-14)25-21(27)16-10-19(31-15(2)12-30-5)24-20(11-16)32-17-6-8-18(9-7-17)34(28,29)26(3)4/h6-11,13,15H,12H2,1-5H3,(H,23,25,27)/t15-/m1/s1. The van der Waals surface area contributed by atoms with Crippen LogP contribution in [-0.4, -0.2) is 62.5 Å². The van der Waals surface area contributed by atoms with Crippen molar-refractivity contribution in [1.29, 1.82) is 0 Å². The quantitative estimate of drug-likeness (QED) is 0.443. The van der Waals surface area contributed by atoms with Crippen molar-refractivity contribution < 1.29 is 27.4 Å². The summed E-state index contributed by atoms with van der Waals surface area (Å²) in [6.45, 7) is 3.97. The molecule has 0 spiro atoms. The zero-order valence-corrected chi connectivity index (χ0v) is 21.1. The number of pyridine rings is 1. The fraction of sp³-hybridized carbons (Fsp3) is 0.318. The Hall–Kier alpha value is -3.06. The molecule has 0 radical (unpaired) electrons. The van der Waals surface area contributed by atoms with E-state index < -0.39 is 15.9 Å². The molecule has 10 nitrogen and oxygen atoms in total. The molecule has 3 rings (SSSR count). The van der Waals surface area contributed by atoms with Crippen LogP contribution in [0, 0.1) is 6.92 Å². The number of thiazole rings is 1. The third kappa shape index (κ3) is 6.50. The van der Waals surface area contributed by atoms with Crippen molar-refractivity contribution in [3.05, 3.63) is 53.0 Å². The van der Waals surface area contributed by atoms with Gasteiger partial charge < -0.3 is 14.2 Å². The maximum absolute atomic E-state index is 12.8. The molecule has 0 saturated heterocycles. The molecule has 0 aliphatic heterocycles. The van der Waals surface area contributed by atoms with E-state index in [2.05, 4.69) is 15.3 Å². The number of benzene rings is 1. The number of nitrogens with zero attached hydrogens (tertiary/aromatic N) is 3. The highest BCUT2D eigenvalue weighted by Crippen LogP contribution is 2.27. The van der Waals surface area contributed by atoms with E-state index in [9.17, 15) is 13.2 Å². The molecule has 34 heavy (non-hydrogen) atoms. The van der Waals surface area contributed by atoms with Crippen molar-refractivity contribution in [2.45, 2.75) is 24.8 Å². The number of ether oxygens (including phenoxy) is 3. The van der Waals surface area contributed by atoms with Crippen LogP contribution in [0.3, 0.4) is 0 Å². The molecule has 3 aromatic rings. The zero-order chi connectivity index (χ0) is 24.9. The van der Waals surface area contributed by atoms with E-state index in [1.54, 1.807) is 14.0 Å². The minimum Gasteiger partial charge on any atom is -0.472 e. The minimum absolute atomic E-state index is 0.103. The van der Waals surface area contributed by atoms with E-state index in [4.69, 9.17) is 14.2 Å². The Balaban J connectivity index is 1.87. The van der Waals surface area contributed by atoms with Crippen molar-refractivity contribution in [1.82, 2.24) is 14.3 Å². The minimum atomic E-state index is -3.57. The lowest BCUT2D eigenvalue weighted by molar-refractivity contribution is 0.0882. The molecule has 12 heteroatoms. The molecule has 1 aromatic carbocycles. The Labute approximate surface area is 202 Å². The van der Waals surface area contributed by atoms with Gasteiger partial charge in [-0.3, -0.25) is 10.1 Å². The second-order valence-corrected chi connectivity index (χ2v) is 10.5. The van der Waals surface area contributed by atoms with Crippen molar-refractivity contribution in [3.8, 4) is 17.5 Å². The third-order valence-corrected chi connectivity index (χ3v) is 7.13. The molecule has 1 atom stereocenters. The molecule has 2 aromatic heterocycles. The molecular weight excluding hydrogens is 480 g/mol. The summed E-state index contributed by atoms with van der Waals surface area (Å²) in [4.78, 5) is 21.5. The maximum atomic E-state index is 12.8. The number of amides is 1. The molecule has 1 N–H and O–H groups in total. The van der Waals surface area contributed by atoms with E-state index in [1.807, 2.05) is 12.3 Å². The third-order valence-electron chi connectivity index (χ3n) is 4.43. The number of carbonyl (C=O) groups excluding carboxylic acids is 1. The fourth-order valence-corrected chi connectivity index (χ4v) is 4.38. The van der Waals surface area contributed by atoms with Gasteiger partial charge in [-0.1, -0.05) is 0 Å². The second kappa shape index (κ2) is 10.9. The van der Waals surface area contributed by atoms with Crippen LogP contribution in [0.4, 0.5) is 5.13 Å². The van der Waals surface area contributed by atoms with Gasteiger partial charge in [0.15, 0.2) is 5.13 Å². The largest absolute Gasteiger partial charge is 0.472 e. The van der Waals surface area contributed by atoms with Crippen molar-refractivity contribution in [3.63, 3.8) is 0 Å². The molecule has 0 fully saturated rings. The SMILES string of the molecule is COC[C@@H](C)Oc1cc(C(=O)Nc2nc(C)cs2)cc(Oc2ccc(S(=O)(=O)N(C)C)cc2)n1. The van der Waals surface area contributed by atoms with Gasteiger partial charge in [-0.2, -0.15) is 4.98 Å². The summed E-state index contributed by atoms with van der Waals surface area (Å²) in [6, 6.07) is 8.86. The van der Waals surface area contributed by atoms with Gasteiger partial charge in [0.2, 0.25) is 21.8 Å². The number of anilines is 1. The zero-order valence-electron chi connectivity index (χ0n) is 19.4. The monoisotopic (exact) mass is 506 g/mol. The van der Waals surface area contributed by atoms with Gasteiger partial charge in [0.05, 0.1) is 22.8 Å². The van der Waals surface area contributed by atoms with E-state index in [-0.39, 0.29) is 28.3 Å². The molecule has 0 saturated carbocycles. The van der Waals surface area contributed by atoms with E-state index in [1.165, 1.54) is 61.8 Å². The predicted octanol–water partition coefficient (Wildman–Crippen LogP) is 3.56. The number of sulfonamides is 1. The summed E-state index contributed by atoms with van der Waals surface area (Å²) >= 11 is 1.32. The number of hydrogen-bond acceptors (Lipinski definition) is 9. The van der Waals surface area contributed by atoms with Crippen LogP contribution >= 0.6 is 11.3 Å². The van der Waals surface area contributed by atoms with Crippen LogP contribution in [-0.2, 0) is 14.8 Å². The molecule has 1 amide bonds. The van der Waals surface area contributed by atoms with Crippen LogP contribution in [0.1, 0.15) is 23.0 Å². The lowest BCUT2D eigenvalue weighted by atomic mass is 10.2. The van der Waals surface area contributed by atoms with Crippen molar-refractivity contribution in [2.75, 3.05) is 33.1 Å². The van der Waals surface area contributed by atoms with Gasteiger partial charge >= 0.3 is 0 Å². The summed E-state index contributed by atoms with van der Waals surface area (Å²) in [5.74, 6) is 0.215. The molecular formula is C22H26N4O6S2. The van der Waals surface area contributed by atoms with Gasteiger partial charge in [0.1, 0.15) is 11.9 Å². The Bertz CT molecular complexity index is 1240. The number of aromatic nitrogens is 2. The summed E-state index contributed by atoms with van der Waals surface area (Å²) in [6.07, 6.45) is -0.319. The molecule has 2 heterocycles. The van der Waals surface area contributed by atoms with Crippen LogP contribution in [0.25, 0.3) is 0 Å². The van der Waals surface area contributed by atoms with E-state index >= 15 is 0 Å². The number of carbonyl (C=O) groups is 1. The molecule has 0 aliphatic rings. The lowest BCUT2D eigenvalue weighted by Gasteiger charge is -2.15. The Morgan fingerprint density at radius 3 is 2.41 bits per heavy atom. The summed E-state index contributed by atoms with van der Waals surface area (Å²) in [5, 5.41) is 5.04. The van der Waals surface area contributed by atoms with E-state index in [0.717, 1.165) is 10.00 Å². The summed E-state index contributed by atoms with van der Waals surface area (Å²) < 4.78 is 42.3. The number of nitrogens with one attached hydrogen (secondary N) is 1. The highest BCUT2D eigenvalue weighted by molar-refractivity contribution is 7.89. The van der Waals surface area contributed by atoms with Gasteiger partial charge in [0.25, 0.3) is 5.91 Å². The number of aryl methyl sites for hydroxylation is 1. The maximum Gasteiger partial charge on any atom is 0.257 e. The highest BCUT2D eigenvalue weighted by Gasteiger charge is 2.18. The van der Waals surface area contributed by atoms with Crippen LogP contribution in [0.5, 0.6) is 17.5 Å². The number of hydrogen-bond donors (Lipinski definition) is 1. The van der Waals surface area contributed by atoms with Crippen LogP contribution in [0.2, 0.25) is 0 Å². The van der Waals surface area contributed by atoms with Gasteiger partial charge in [-0.25, -0.2) is 17.7 Å². The molecule has 0 bridgehead atoms. The highest BCUT2D eigenvalue weighted by atomic mass is 32.2. The van der Waals surface area contributed by atoms with Gasteiger partial charge in [-0.15, -0.1) is 11.3 Å². The Kier molecular flexibility index (Phi) is 8.20.